The van der Waals surface area contributed by atoms with Gasteiger partial charge in [-0.25, -0.2) is 0 Å². The molecule has 4 heteroatoms. The maximum absolute atomic E-state index is 10.8. The van der Waals surface area contributed by atoms with E-state index in [0.29, 0.717) is 6.42 Å². The lowest BCUT2D eigenvalue weighted by molar-refractivity contribution is -0.139. The van der Waals surface area contributed by atoms with Crippen molar-refractivity contribution in [2.75, 3.05) is 0 Å². The number of carbonyl (C=O) groups is 1. The van der Waals surface area contributed by atoms with Gasteiger partial charge in [0.25, 0.3) is 0 Å². The minimum atomic E-state index is -0.763. The monoisotopic (exact) mass is 255 g/mol. The summed E-state index contributed by atoms with van der Waals surface area (Å²) in [7, 11) is 0. The second-order valence-electron chi connectivity index (χ2n) is 5.41. The smallest absolute Gasteiger partial charge is 0.303 e. The molecule has 96 valence electrons. The second-order valence-corrected chi connectivity index (χ2v) is 6.87. The zero-order valence-corrected chi connectivity index (χ0v) is 11.7. The van der Waals surface area contributed by atoms with Gasteiger partial charge in [0.1, 0.15) is 0 Å². The quantitative estimate of drug-likeness (QED) is 0.849. The Morgan fingerprint density at radius 3 is 2.53 bits per heavy atom. The Morgan fingerprint density at radius 1 is 1.53 bits per heavy atom. The van der Waals surface area contributed by atoms with Crippen LogP contribution in [0.1, 0.15) is 48.0 Å². The van der Waals surface area contributed by atoms with Crippen molar-refractivity contribution in [1.29, 1.82) is 0 Å². The van der Waals surface area contributed by atoms with Crippen LogP contribution in [0.2, 0.25) is 0 Å². The molecule has 1 atom stereocenters. The van der Waals surface area contributed by atoms with E-state index in [0.717, 1.165) is 5.56 Å². The van der Waals surface area contributed by atoms with Gasteiger partial charge in [0, 0.05) is 15.8 Å². The molecule has 0 bridgehead atoms. The predicted octanol–water partition coefficient (Wildman–Crippen LogP) is 3.26. The molecule has 1 rings (SSSR count). The molecule has 0 spiro atoms. The first-order valence-corrected chi connectivity index (χ1v) is 6.57. The Hall–Kier alpha value is -0.870. The average molecular weight is 255 g/mol. The highest BCUT2D eigenvalue weighted by molar-refractivity contribution is 7.12. The highest BCUT2D eigenvalue weighted by Gasteiger charge is 2.26. The van der Waals surface area contributed by atoms with Crippen molar-refractivity contribution in [2.24, 2.45) is 11.1 Å². The van der Waals surface area contributed by atoms with Crippen LogP contribution in [0.25, 0.3) is 0 Å². The van der Waals surface area contributed by atoms with Gasteiger partial charge in [0.2, 0.25) is 0 Å². The number of aliphatic carboxylic acids is 1. The number of aryl methyl sites for hydroxylation is 2. The van der Waals surface area contributed by atoms with Crippen molar-refractivity contribution in [1.82, 2.24) is 0 Å². The van der Waals surface area contributed by atoms with Crippen LogP contribution in [0.15, 0.2) is 6.07 Å². The highest BCUT2D eigenvalue weighted by Crippen LogP contribution is 2.35. The lowest BCUT2D eigenvalue weighted by Crippen LogP contribution is -2.24. The SMILES string of the molecule is Cc1cc(C(N)CC(C)(C)CC(=O)O)c(C)s1. The van der Waals surface area contributed by atoms with Gasteiger partial charge >= 0.3 is 5.97 Å². The van der Waals surface area contributed by atoms with E-state index >= 15 is 0 Å². The molecule has 0 radical (unpaired) electrons. The summed E-state index contributed by atoms with van der Waals surface area (Å²) in [5, 5.41) is 8.85. The van der Waals surface area contributed by atoms with Gasteiger partial charge < -0.3 is 10.8 Å². The molecular formula is C13H21NO2S. The van der Waals surface area contributed by atoms with Gasteiger partial charge in [-0.2, -0.15) is 0 Å². The van der Waals surface area contributed by atoms with E-state index in [4.69, 9.17) is 10.8 Å². The van der Waals surface area contributed by atoms with Gasteiger partial charge in [0.15, 0.2) is 0 Å². The van der Waals surface area contributed by atoms with E-state index in [-0.39, 0.29) is 17.9 Å². The number of carboxylic acids is 1. The number of carboxylic acid groups (broad SMARTS) is 1. The molecule has 0 fully saturated rings. The standard InChI is InChI=1S/C13H21NO2S/c1-8-5-10(9(2)17-8)11(14)6-13(3,4)7-12(15)16/h5,11H,6-7,14H2,1-4H3,(H,15,16). The van der Waals surface area contributed by atoms with Gasteiger partial charge in [-0.3, -0.25) is 4.79 Å². The van der Waals surface area contributed by atoms with Gasteiger partial charge in [-0.05, 0) is 37.3 Å². The molecule has 1 unspecified atom stereocenters. The van der Waals surface area contributed by atoms with E-state index in [9.17, 15) is 4.79 Å². The minimum Gasteiger partial charge on any atom is -0.481 e. The van der Waals surface area contributed by atoms with Crippen LogP contribution in [-0.2, 0) is 4.79 Å². The normalized spacial score (nSPS) is 13.7. The fourth-order valence-electron chi connectivity index (χ4n) is 2.21. The molecule has 0 saturated heterocycles. The first-order valence-electron chi connectivity index (χ1n) is 5.75. The number of thiophene rings is 1. The maximum Gasteiger partial charge on any atom is 0.303 e. The van der Waals surface area contributed by atoms with Crippen molar-refractivity contribution >= 4 is 17.3 Å². The summed E-state index contributed by atoms with van der Waals surface area (Å²) in [5.74, 6) is -0.763. The van der Waals surface area contributed by atoms with Crippen molar-refractivity contribution in [3.63, 3.8) is 0 Å². The van der Waals surface area contributed by atoms with Crippen molar-refractivity contribution in [3.05, 3.63) is 21.4 Å². The zero-order chi connectivity index (χ0) is 13.2. The summed E-state index contributed by atoms with van der Waals surface area (Å²) in [4.78, 5) is 13.3. The molecule has 3 N–H and O–H groups in total. The molecule has 0 aliphatic rings. The Morgan fingerprint density at radius 2 is 2.12 bits per heavy atom. The summed E-state index contributed by atoms with van der Waals surface area (Å²) in [6.45, 7) is 8.04. The number of nitrogens with two attached hydrogens (primary N) is 1. The Balaban J connectivity index is 2.75. The molecule has 1 aromatic heterocycles. The van der Waals surface area contributed by atoms with Crippen molar-refractivity contribution in [3.8, 4) is 0 Å². The maximum atomic E-state index is 10.8. The molecule has 0 aliphatic heterocycles. The van der Waals surface area contributed by atoms with E-state index in [1.807, 2.05) is 13.8 Å². The first-order chi connectivity index (χ1) is 7.71. The molecule has 0 saturated carbocycles. The van der Waals surface area contributed by atoms with Crippen LogP contribution in [0.4, 0.5) is 0 Å². The summed E-state index contributed by atoms with van der Waals surface area (Å²) in [5.41, 5.74) is 7.07. The van der Waals surface area contributed by atoms with Crippen molar-refractivity contribution < 1.29 is 9.90 Å². The summed E-state index contributed by atoms with van der Waals surface area (Å²) >= 11 is 1.74. The fraction of sp³-hybridized carbons (Fsp3) is 0.615. The van der Waals surface area contributed by atoms with Crippen LogP contribution < -0.4 is 5.73 Å². The predicted molar refractivity (Wildman–Crippen MR) is 71.4 cm³/mol. The van der Waals surface area contributed by atoms with E-state index in [1.54, 1.807) is 11.3 Å². The fourth-order valence-corrected chi connectivity index (χ4v) is 3.20. The molecular weight excluding hydrogens is 234 g/mol. The third kappa shape index (κ3) is 4.13. The van der Waals surface area contributed by atoms with Crippen LogP contribution in [0.3, 0.4) is 0 Å². The Labute approximate surface area is 107 Å². The lowest BCUT2D eigenvalue weighted by atomic mass is 9.81. The molecule has 0 amide bonds. The van der Waals surface area contributed by atoms with Gasteiger partial charge in [-0.1, -0.05) is 13.8 Å². The summed E-state index contributed by atoms with van der Waals surface area (Å²) in [6, 6.07) is 2.04. The summed E-state index contributed by atoms with van der Waals surface area (Å²) in [6.07, 6.45) is 0.846. The molecule has 17 heavy (non-hydrogen) atoms. The van der Waals surface area contributed by atoms with Gasteiger partial charge in [0.05, 0.1) is 6.42 Å². The molecule has 0 aromatic carbocycles. The van der Waals surface area contributed by atoms with Crippen LogP contribution in [0, 0.1) is 19.3 Å². The van der Waals surface area contributed by atoms with Crippen LogP contribution >= 0.6 is 11.3 Å². The lowest BCUT2D eigenvalue weighted by Gasteiger charge is -2.26. The van der Waals surface area contributed by atoms with Crippen LogP contribution in [0.5, 0.6) is 0 Å². The molecule has 1 heterocycles. The second kappa shape index (κ2) is 5.19. The Bertz CT molecular complexity index is 410. The average Bonchev–Trinajstić information content (AvgIpc) is 2.41. The highest BCUT2D eigenvalue weighted by atomic mass is 32.1. The minimum absolute atomic E-state index is 0.0747. The van der Waals surface area contributed by atoms with E-state index in [2.05, 4.69) is 19.9 Å². The van der Waals surface area contributed by atoms with Gasteiger partial charge in [-0.15, -0.1) is 11.3 Å². The summed E-state index contributed by atoms with van der Waals surface area (Å²) < 4.78 is 0. The third-order valence-electron chi connectivity index (χ3n) is 2.88. The van der Waals surface area contributed by atoms with E-state index in [1.165, 1.54) is 9.75 Å². The topological polar surface area (TPSA) is 63.3 Å². The zero-order valence-electron chi connectivity index (χ0n) is 10.9. The van der Waals surface area contributed by atoms with E-state index < -0.39 is 5.97 Å². The largest absolute Gasteiger partial charge is 0.481 e. The molecule has 0 aliphatic carbocycles. The Kier molecular flexibility index (Phi) is 4.33. The molecule has 3 nitrogen and oxygen atoms in total. The third-order valence-corrected chi connectivity index (χ3v) is 3.86. The number of hydrogen-bond acceptors (Lipinski definition) is 3. The first kappa shape index (κ1) is 14.2. The van der Waals surface area contributed by atoms with Crippen molar-refractivity contribution in [2.45, 2.75) is 46.6 Å². The van der Waals surface area contributed by atoms with Crippen LogP contribution in [-0.4, -0.2) is 11.1 Å². The number of rotatable bonds is 5. The number of hydrogen-bond donors (Lipinski definition) is 2. The molecule has 1 aromatic rings.